The number of benzene rings is 1. The van der Waals surface area contributed by atoms with E-state index in [2.05, 4.69) is 21.4 Å². The monoisotopic (exact) mass is 290 g/mol. The molecule has 0 fully saturated rings. The van der Waals surface area contributed by atoms with Crippen LogP contribution in [0.15, 0.2) is 22.7 Å². The van der Waals surface area contributed by atoms with Crippen LogP contribution in [0.4, 0.5) is 4.39 Å². The molecule has 16 heavy (non-hydrogen) atoms. The molecule has 0 radical (unpaired) electrons. The molecule has 1 unspecified atom stereocenters. The number of hydrogen-bond acceptors (Lipinski definition) is 3. The van der Waals surface area contributed by atoms with Crippen LogP contribution in [0.3, 0.4) is 0 Å². The first-order valence-electron chi connectivity index (χ1n) is 4.61. The summed E-state index contributed by atoms with van der Waals surface area (Å²) in [7, 11) is 0. The molecule has 1 rings (SSSR count). The first kappa shape index (κ1) is 13.1. The summed E-state index contributed by atoms with van der Waals surface area (Å²) < 4.78 is 14.1. The van der Waals surface area contributed by atoms with E-state index in [4.69, 9.17) is 10.6 Å². The number of carbonyl (C=O) groups excluding carboxylic acids is 1. The van der Waals surface area contributed by atoms with E-state index in [9.17, 15) is 9.18 Å². The molecule has 88 valence electrons. The van der Waals surface area contributed by atoms with Crippen molar-refractivity contribution < 1.29 is 14.0 Å². The zero-order chi connectivity index (χ0) is 12.1. The molecule has 0 bridgehead atoms. The Bertz CT molecular complexity index is 387. The maximum atomic E-state index is 13.5. The van der Waals surface area contributed by atoms with Crippen molar-refractivity contribution in [1.82, 2.24) is 5.48 Å². The second-order valence-electron chi connectivity index (χ2n) is 3.26. The molecule has 0 aliphatic carbocycles. The Morgan fingerprint density at radius 2 is 2.38 bits per heavy atom. The van der Waals surface area contributed by atoms with Gasteiger partial charge in [-0.05, 0) is 19.1 Å². The molecule has 0 aliphatic heterocycles. The van der Waals surface area contributed by atoms with Gasteiger partial charge in [-0.1, -0.05) is 22.0 Å². The summed E-state index contributed by atoms with van der Waals surface area (Å²) in [6.07, 6.45) is 0. The van der Waals surface area contributed by atoms with Crippen LogP contribution in [0.5, 0.6) is 0 Å². The van der Waals surface area contributed by atoms with Gasteiger partial charge in [-0.3, -0.25) is 9.63 Å². The molecule has 0 saturated heterocycles. The minimum absolute atomic E-state index is 0.248. The second-order valence-corrected chi connectivity index (χ2v) is 4.18. The Balaban J connectivity index is 2.58. The summed E-state index contributed by atoms with van der Waals surface area (Å²) in [6.45, 7) is 1.47. The standard InChI is InChI=1S/C10H12BrFN2O2/c1-6(14-16-5-10(13)15)8-3-2-7(11)4-9(8)12/h2-4,6,14H,5H2,1H3,(H2,13,15). The van der Waals surface area contributed by atoms with Gasteiger partial charge in [0.1, 0.15) is 12.4 Å². The molecule has 0 heterocycles. The normalized spacial score (nSPS) is 12.4. The fourth-order valence-corrected chi connectivity index (χ4v) is 1.49. The van der Waals surface area contributed by atoms with Gasteiger partial charge in [-0.25, -0.2) is 4.39 Å². The molecule has 4 nitrogen and oxygen atoms in total. The van der Waals surface area contributed by atoms with Crippen LogP contribution >= 0.6 is 15.9 Å². The summed E-state index contributed by atoms with van der Waals surface area (Å²) in [4.78, 5) is 15.2. The number of halogens is 2. The average Bonchev–Trinajstić information content (AvgIpc) is 2.16. The summed E-state index contributed by atoms with van der Waals surface area (Å²) in [5, 5.41) is 0. The molecule has 1 atom stereocenters. The van der Waals surface area contributed by atoms with E-state index in [-0.39, 0.29) is 18.5 Å². The number of hydrogen-bond donors (Lipinski definition) is 2. The van der Waals surface area contributed by atoms with Crippen LogP contribution in [0.2, 0.25) is 0 Å². The summed E-state index contributed by atoms with van der Waals surface area (Å²) >= 11 is 3.16. The highest BCUT2D eigenvalue weighted by atomic mass is 79.9. The molecular weight excluding hydrogens is 279 g/mol. The molecular formula is C10H12BrFN2O2. The van der Waals surface area contributed by atoms with Crippen molar-refractivity contribution in [3.05, 3.63) is 34.1 Å². The largest absolute Gasteiger partial charge is 0.368 e. The quantitative estimate of drug-likeness (QED) is 0.811. The molecule has 1 aromatic carbocycles. The Labute approximate surface area is 101 Å². The van der Waals surface area contributed by atoms with Crippen LogP contribution in [0, 0.1) is 5.82 Å². The van der Waals surface area contributed by atoms with Crippen LogP contribution < -0.4 is 11.2 Å². The zero-order valence-electron chi connectivity index (χ0n) is 8.67. The van der Waals surface area contributed by atoms with Crippen molar-refractivity contribution in [2.75, 3.05) is 6.61 Å². The molecule has 1 aromatic rings. The minimum Gasteiger partial charge on any atom is -0.368 e. The molecule has 0 saturated carbocycles. The highest BCUT2D eigenvalue weighted by molar-refractivity contribution is 9.10. The molecule has 3 N–H and O–H groups in total. The first-order chi connectivity index (χ1) is 7.50. The van der Waals surface area contributed by atoms with E-state index >= 15 is 0 Å². The van der Waals surface area contributed by atoms with Gasteiger partial charge < -0.3 is 5.73 Å². The maximum absolute atomic E-state index is 13.5. The zero-order valence-corrected chi connectivity index (χ0v) is 10.3. The number of amides is 1. The lowest BCUT2D eigenvalue weighted by atomic mass is 10.1. The van der Waals surface area contributed by atoms with Gasteiger partial charge in [0, 0.05) is 10.0 Å². The van der Waals surface area contributed by atoms with Gasteiger partial charge in [0.2, 0.25) is 5.91 Å². The van der Waals surface area contributed by atoms with Crippen LogP contribution in [0.1, 0.15) is 18.5 Å². The number of primary amides is 1. The van der Waals surface area contributed by atoms with Gasteiger partial charge in [-0.15, -0.1) is 0 Å². The lowest BCUT2D eigenvalue weighted by Crippen LogP contribution is -2.27. The lowest BCUT2D eigenvalue weighted by molar-refractivity contribution is -0.126. The van der Waals surface area contributed by atoms with E-state index in [0.717, 1.165) is 0 Å². The van der Waals surface area contributed by atoms with Crippen LogP contribution in [-0.2, 0) is 9.63 Å². The lowest BCUT2D eigenvalue weighted by Gasteiger charge is -2.14. The van der Waals surface area contributed by atoms with Crippen molar-refractivity contribution in [1.29, 1.82) is 0 Å². The van der Waals surface area contributed by atoms with E-state index in [1.807, 2.05) is 0 Å². The van der Waals surface area contributed by atoms with Gasteiger partial charge in [0.25, 0.3) is 0 Å². The summed E-state index contributed by atoms with van der Waals surface area (Å²) in [6, 6.07) is 4.35. The van der Waals surface area contributed by atoms with Gasteiger partial charge in [0.05, 0.1) is 6.04 Å². The third kappa shape index (κ3) is 3.88. The second kappa shape index (κ2) is 5.93. The number of nitrogens with two attached hydrogens (primary N) is 1. The number of rotatable bonds is 5. The Morgan fingerprint density at radius 3 is 2.94 bits per heavy atom. The molecule has 0 aliphatic rings. The highest BCUT2D eigenvalue weighted by Gasteiger charge is 2.11. The first-order valence-corrected chi connectivity index (χ1v) is 5.40. The van der Waals surface area contributed by atoms with Crippen molar-refractivity contribution in [2.24, 2.45) is 5.73 Å². The number of hydroxylamine groups is 1. The number of carbonyl (C=O) groups is 1. The van der Waals surface area contributed by atoms with Crippen molar-refractivity contribution >= 4 is 21.8 Å². The molecule has 0 aromatic heterocycles. The maximum Gasteiger partial charge on any atom is 0.245 e. The Morgan fingerprint density at radius 1 is 1.69 bits per heavy atom. The smallest absolute Gasteiger partial charge is 0.245 e. The van der Waals surface area contributed by atoms with Gasteiger partial charge in [-0.2, -0.15) is 5.48 Å². The van der Waals surface area contributed by atoms with E-state index in [1.54, 1.807) is 19.1 Å². The molecule has 6 heteroatoms. The fraction of sp³-hybridized carbons (Fsp3) is 0.300. The SMILES string of the molecule is CC(NOCC(N)=O)c1ccc(Br)cc1F. The molecule has 1 amide bonds. The summed E-state index contributed by atoms with van der Waals surface area (Å²) in [5.41, 5.74) is 7.87. The van der Waals surface area contributed by atoms with Gasteiger partial charge >= 0.3 is 0 Å². The predicted molar refractivity (Wildman–Crippen MR) is 60.8 cm³/mol. The van der Waals surface area contributed by atoms with Crippen LogP contribution in [0.25, 0.3) is 0 Å². The number of nitrogens with one attached hydrogen (secondary N) is 1. The Kier molecular flexibility index (Phi) is 4.85. The van der Waals surface area contributed by atoms with Crippen molar-refractivity contribution in [3.63, 3.8) is 0 Å². The van der Waals surface area contributed by atoms with Gasteiger partial charge in [0.15, 0.2) is 0 Å². The minimum atomic E-state index is -0.587. The van der Waals surface area contributed by atoms with E-state index in [1.165, 1.54) is 6.07 Å². The highest BCUT2D eigenvalue weighted by Crippen LogP contribution is 2.20. The van der Waals surface area contributed by atoms with E-state index in [0.29, 0.717) is 10.0 Å². The fourth-order valence-electron chi connectivity index (χ4n) is 1.15. The van der Waals surface area contributed by atoms with Crippen molar-refractivity contribution in [2.45, 2.75) is 13.0 Å². The van der Waals surface area contributed by atoms with Crippen molar-refractivity contribution in [3.8, 4) is 0 Å². The third-order valence-electron chi connectivity index (χ3n) is 1.90. The predicted octanol–water partition coefficient (Wildman–Crippen LogP) is 1.66. The van der Waals surface area contributed by atoms with E-state index < -0.39 is 5.91 Å². The third-order valence-corrected chi connectivity index (χ3v) is 2.40. The summed E-state index contributed by atoms with van der Waals surface area (Å²) in [5.74, 6) is -0.937. The van der Waals surface area contributed by atoms with Crippen LogP contribution in [-0.4, -0.2) is 12.5 Å². The Hall–Kier alpha value is -0.980. The topological polar surface area (TPSA) is 64.3 Å². The average molecular weight is 291 g/mol. The molecule has 0 spiro atoms.